The summed E-state index contributed by atoms with van der Waals surface area (Å²) in [4.78, 5) is 30.9. The third-order valence-corrected chi connectivity index (χ3v) is 5.17. The van der Waals surface area contributed by atoms with Gasteiger partial charge in [-0.25, -0.2) is 9.67 Å². The topological polar surface area (TPSA) is 89.4 Å². The molecule has 8 heteroatoms. The maximum atomic E-state index is 12.8. The first kappa shape index (κ1) is 20.7. The summed E-state index contributed by atoms with van der Waals surface area (Å²) in [6.07, 6.45) is 3.13. The van der Waals surface area contributed by atoms with Crippen LogP contribution in [-0.2, 0) is 11.3 Å². The van der Waals surface area contributed by atoms with Gasteiger partial charge in [-0.3, -0.25) is 9.59 Å². The van der Waals surface area contributed by atoms with Gasteiger partial charge in [0.1, 0.15) is 12.7 Å². The molecular weight excluding hydrogens is 394 g/mol. The maximum Gasteiger partial charge on any atom is 0.254 e. The molecule has 2 unspecified atom stereocenters. The van der Waals surface area contributed by atoms with Crippen molar-refractivity contribution in [2.45, 2.75) is 32.6 Å². The van der Waals surface area contributed by atoms with Gasteiger partial charge in [0.15, 0.2) is 0 Å². The predicted molar refractivity (Wildman–Crippen MR) is 115 cm³/mol. The van der Waals surface area contributed by atoms with Crippen LogP contribution in [0, 0.1) is 0 Å². The van der Waals surface area contributed by atoms with Crippen LogP contribution in [0.5, 0.6) is 0 Å². The largest absolute Gasteiger partial charge is 0.372 e. The standard InChI is InChI=1S/C23H25N5O3/c1-16-12-27(13-17(2)31-16)23(30)20-5-3-18(4-6-20)11-25-22(29)19-7-9-21(10-8-19)28-15-24-14-26-28/h3-10,14-17H,11-13H2,1-2H3,(H,25,29). The van der Waals surface area contributed by atoms with Gasteiger partial charge in [-0.05, 0) is 55.8 Å². The molecule has 0 spiro atoms. The van der Waals surface area contributed by atoms with Crippen molar-refractivity contribution in [3.05, 3.63) is 77.9 Å². The van der Waals surface area contributed by atoms with Crippen molar-refractivity contribution in [2.24, 2.45) is 0 Å². The Morgan fingerprint density at radius 3 is 2.26 bits per heavy atom. The molecule has 1 N–H and O–H groups in total. The molecule has 1 aromatic heterocycles. The summed E-state index contributed by atoms with van der Waals surface area (Å²) in [5.41, 5.74) is 2.96. The van der Waals surface area contributed by atoms with Crippen LogP contribution in [0.1, 0.15) is 40.1 Å². The van der Waals surface area contributed by atoms with E-state index in [2.05, 4.69) is 15.4 Å². The Bertz CT molecular complexity index is 1020. The van der Waals surface area contributed by atoms with Crippen LogP contribution in [0.4, 0.5) is 0 Å². The third-order valence-electron chi connectivity index (χ3n) is 5.17. The molecule has 0 bridgehead atoms. The second kappa shape index (κ2) is 9.09. The summed E-state index contributed by atoms with van der Waals surface area (Å²) < 4.78 is 7.32. The van der Waals surface area contributed by atoms with Gasteiger partial charge < -0.3 is 15.0 Å². The van der Waals surface area contributed by atoms with Crippen LogP contribution in [-0.4, -0.2) is 56.8 Å². The Labute approximate surface area is 180 Å². The fourth-order valence-electron chi connectivity index (χ4n) is 3.68. The molecule has 1 fully saturated rings. The lowest BCUT2D eigenvalue weighted by Crippen LogP contribution is -2.48. The number of rotatable bonds is 5. The minimum Gasteiger partial charge on any atom is -0.372 e. The predicted octanol–water partition coefficient (Wildman–Crippen LogP) is 2.45. The molecule has 1 aliphatic heterocycles. The van der Waals surface area contributed by atoms with Crippen LogP contribution in [0.3, 0.4) is 0 Å². The van der Waals surface area contributed by atoms with E-state index >= 15 is 0 Å². The van der Waals surface area contributed by atoms with Crippen molar-refractivity contribution >= 4 is 11.8 Å². The van der Waals surface area contributed by atoms with E-state index in [1.54, 1.807) is 23.1 Å². The van der Waals surface area contributed by atoms with Gasteiger partial charge in [-0.1, -0.05) is 12.1 Å². The summed E-state index contributed by atoms with van der Waals surface area (Å²) in [7, 11) is 0. The summed E-state index contributed by atoms with van der Waals surface area (Å²) in [5, 5.41) is 6.97. The van der Waals surface area contributed by atoms with Crippen molar-refractivity contribution < 1.29 is 14.3 Å². The number of carbonyl (C=O) groups excluding carboxylic acids is 2. The van der Waals surface area contributed by atoms with Crippen LogP contribution in [0.25, 0.3) is 5.69 Å². The Kier molecular flexibility index (Phi) is 6.08. The highest BCUT2D eigenvalue weighted by molar-refractivity contribution is 5.95. The van der Waals surface area contributed by atoms with Gasteiger partial charge in [0.05, 0.1) is 17.9 Å². The zero-order chi connectivity index (χ0) is 21.8. The summed E-state index contributed by atoms with van der Waals surface area (Å²) in [5.74, 6) is -0.161. The van der Waals surface area contributed by atoms with Crippen molar-refractivity contribution in [1.82, 2.24) is 25.0 Å². The molecule has 2 atom stereocenters. The van der Waals surface area contributed by atoms with Crippen LogP contribution in [0.2, 0.25) is 0 Å². The third kappa shape index (κ3) is 4.97. The van der Waals surface area contributed by atoms with Crippen LogP contribution >= 0.6 is 0 Å². The van der Waals surface area contributed by atoms with E-state index < -0.39 is 0 Å². The molecule has 0 saturated carbocycles. The number of morpholine rings is 1. The van der Waals surface area contributed by atoms with Gasteiger partial charge in [0.2, 0.25) is 0 Å². The number of aromatic nitrogens is 3. The van der Waals surface area contributed by atoms with E-state index in [0.29, 0.717) is 30.8 Å². The first-order valence-electron chi connectivity index (χ1n) is 10.3. The monoisotopic (exact) mass is 419 g/mol. The normalized spacial score (nSPS) is 18.6. The van der Waals surface area contributed by atoms with E-state index in [-0.39, 0.29) is 24.0 Å². The Morgan fingerprint density at radius 1 is 1.00 bits per heavy atom. The summed E-state index contributed by atoms with van der Waals surface area (Å²) in [6.45, 7) is 5.52. The Hall–Kier alpha value is -3.52. The van der Waals surface area contributed by atoms with E-state index in [0.717, 1.165) is 11.3 Å². The number of carbonyl (C=O) groups is 2. The average molecular weight is 419 g/mol. The highest BCUT2D eigenvalue weighted by atomic mass is 16.5. The summed E-state index contributed by atoms with van der Waals surface area (Å²) >= 11 is 0. The Balaban J connectivity index is 1.33. The number of nitrogens with zero attached hydrogens (tertiary/aromatic N) is 4. The maximum absolute atomic E-state index is 12.8. The lowest BCUT2D eigenvalue weighted by molar-refractivity contribution is -0.0586. The molecule has 3 aromatic rings. The minimum absolute atomic E-state index is 0.00468. The van der Waals surface area contributed by atoms with Crippen molar-refractivity contribution in [1.29, 1.82) is 0 Å². The van der Waals surface area contributed by atoms with E-state index in [1.165, 1.54) is 6.33 Å². The van der Waals surface area contributed by atoms with Crippen molar-refractivity contribution in [3.8, 4) is 5.69 Å². The van der Waals surface area contributed by atoms with E-state index in [9.17, 15) is 9.59 Å². The second-order valence-electron chi connectivity index (χ2n) is 7.73. The molecule has 1 saturated heterocycles. The van der Waals surface area contributed by atoms with Gasteiger partial charge >= 0.3 is 0 Å². The van der Waals surface area contributed by atoms with Crippen LogP contribution < -0.4 is 5.32 Å². The van der Waals surface area contributed by atoms with Crippen molar-refractivity contribution in [3.63, 3.8) is 0 Å². The first-order chi connectivity index (χ1) is 15.0. The number of benzene rings is 2. The number of ether oxygens (including phenoxy) is 1. The zero-order valence-corrected chi connectivity index (χ0v) is 17.6. The molecule has 1 aliphatic rings. The molecule has 2 aromatic carbocycles. The molecule has 2 amide bonds. The molecule has 2 heterocycles. The lowest BCUT2D eigenvalue weighted by atomic mass is 10.1. The number of hydrogen-bond donors (Lipinski definition) is 1. The molecule has 8 nitrogen and oxygen atoms in total. The average Bonchev–Trinajstić information content (AvgIpc) is 3.32. The van der Waals surface area contributed by atoms with Gasteiger partial charge in [0.25, 0.3) is 11.8 Å². The molecule has 0 radical (unpaired) electrons. The quantitative estimate of drug-likeness (QED) is 0.686. The fraction of sp³-hybridized carbons (Fsp3) is 0.304. The van der Waals surface area contributed by atoms with E-state index in [4.69, 9.17) is 4.74 Å². The minimum atomic E-state index is -0.165. The van der Waals surface area contributed by atoms with Gasteiger partial charge in [-0.2, -0.15) is 5.10 Å². The summed E-state index contributed by atoms with van der Waals surface area (Å²) in [6, 6.07) is 14.5. The Morgan fingerprint density at radius 2 is 1.65 bits per heavy atom. The smallest absolute Gasteiger partial charge is 0.254 e. The van der Waals surface area contributed by atoms with Gasteiger partial charge in [-0.15, -0.1) is 0 Å². The highest BCUT2D eigenvalue weighted by Crippen LogP contribution is 2.15. The number of nitrogens with one attached hydrogen (secondary N) is 1. The number of amides is 2. The molecular formula is C23H25N5O3. The molecule has 4 rings (SSSR count). The highest BCUT2D eigenvalue weighted by Gasteiger charge is 2.26. The number of hydrogen-bond acceptors (Lipinski definition) is 5. The first-order valence-corrected chi connectivity index (χ1v) is 10.3. The van der Waals surface area contributed by atoms with Crippen molar-refractivity contribution in [2.75, 3.05) is 13.1 Å². The van der Waals surface area contributed by atoms with Crippen LogP contribution in [0.15, 0.2) is 61.2 Å². The van der Waals surface area contributed by atoms with Gasteiger partial charge in [0, 0.05) is 30.8 Å². The van der Waals surface area contributed by atoms with E-state index in [1.807, 2.05) is 55.1 Å². The fourth-order valence-corrected chi connectivity index (χ4v) is 3.68. The SMILES string of the molecule is CC1CN(C(=O)c2ccc(CNC(=O)c3ccc(-n4cncn4)cc3)cc2)CC(C)O1. The zero-order valence-electron chi connectivity index (χ0n) is 17.6. The molecule has 31 heavy (non-hydrogen) atoms. The molecule has 0 aliphatic carbocycles. The molecule has 160 valence electrons. The lowest BCUT2D eigenvalue weighted by Gasteiger charge is -2.35. The second-order valence-corrected chi connectivity index (χ2v) is 7.73.